The van der Waals surface area contributed by atoms with Crippen molar-refractivity contribution in [1.29, 1.82) is 0 Å². The van der Waals surface area contributed by atoms with Gasteiger partial charge in [0.2, 0.25) is 0 Å². The van der Waals surface area contributed by atoms with Crippen LogP contribution in [0.2, 0.25) is 0 Å². The van der Waals surface area contributed by atoms with Gasteiger partial charge >= 0.3 is 0 Å². The fraction of sp³-hybridized carbons (Fsp3) is 0.444. The van der Waals surface area contributed by atoms with Crippen LogP contribution >= 0.6 is 11.3 Å². The van der Waals surface area contributed by atoms with Crippen molar-refractivity contribution < 1.29 is 0 Å². The van der Waals surface area contributed by atoms with Crippen LogP contribution in [0.4, 0.5) is 5.69 Å². The molecular weight excluding hydrogens is 276 g/mol. The molecule has 1 aliphatic rings. The van der Waals surface area contributed by atoms with Gasteiger partial charge in [-0.15, -0.1) is 11.3 Å². The minimum atomic E-state index is 0.423. The van der Waals surface area contributed by atoms with E-state index in [1.807, 2.05) is 11.3 Å². The second-order valence-electron chi connectivity index (χ2n) is 5.80. The number of nitrogens with one attached hydrogen (secondary N) is 1. The predicted octanol–water partition coefficient (Wildman–Crippen LogP) is 4.91. The van der Waals surface area contributed by atoms with Crippen molar-refractivity contribution in [3.8, 4) is 0 Å². The summed E-state index contributed by atoms with van der Waals surface area (Å²) in [7, 11) is 0. The Morgan fingerprint density at radius 1 is 1.19 bits per heavy atom. The zero-order chi connectivity index (χ0) is 14.5. The molecule has 21 heavy (non-hydrogen) atoms. The molecule has 2 nitrogen and oxygen atoms in total. The molecule has 0 saturated carbocycles. The first kappa shape index (κ1) is 14.6. The van der Waals surface area contributed by atoms with Gasteiger partial charge in [-0.2, -0.15) is 0 Å². The number of thiophene rings is 1. The topological polar surface area (TPSA) is 15.3 Å². The number of rotatable bonds is 6. The third-order valence-electron chi connectivity index (χ3n) is 4.17. The molecule has 3 heteroatoms. The molecule has 112 valence electrons. The van der Waals surface area contributed by atoms with Gasteiger partial charge in [0.25, 0.3) is 0 Å². The molecule has 1 aliphatic heterocycles. The SMILES string of the molecule is CCC(Nc1cccc(CN2CCCC2)c1)c1cccs1. The number of likely N-dealkylation sites (tertiary alicyclic amines) is 1. The van der Waals surface area contributed by atoms with Gasteiger partial charge in [-0.25, -0.2) is 0 Å². The first-order valence-electron chi connectivity index (χ1n) is 7.96. The van der Waals surface area contributed by atoms with E-state index in [1.165, 1.54) is 42.1 Å². The fourth-order valence-electron chi connectivity index (χ4n) is 3.02. The van der Waals surface area contributed by atoms with E-state index >= 15 is 0 Å². The molecule has 1 atom stereocenters. The van der Waals surface area contributed by atoms with Gasteiger partial charge in [-0.05, 0) is 61.5 Å². The highest BCUT2D eigenvalue weighted by molar-refractivity contribution is 7.10. The minimum absolute atomic E-state index is 0.423. The van der Waals surface area contributed by atoms with E-state index in [9.17, 15) is 0 Å². The number of hydrogen-bond donors (Lipinski definition) is 1. The summed E-state index contributed by atoms with van der Waals surface area (Å²) >= 11 is 1.83. The second-order valence-corrected chi connectivity index (χ2v) is 6.78. The summed E-state index contributed by atoms with van der Waals surface area (Å²) in [6, 6.07) is 13.7. The lowest BCUT2D eigenvalue weighted by Crippen LogP contribution is -2.18. The Kier molecular flexibility index (Phi) is 4.94. The van der Waals surface area contributed by atoms with Crippen molar-refractivity contribution in [2.75, 3.05) is 18.4 Å². The smallest absolute Gasteiger partial charge is 0.0603 e. The lowest BCUT2D eigenvalue weighted by atomic mass is 10.1. The summed E-state index contributed by atoms with van der Waals surface area (Å²) in [5, 5.41) is 5.84. The third-order valence-corrected chi connectivity index (χ3v) is 5.15. The van der Waals surface area contributed by atoms with Crippen molar-refractivity contribution in [2.45, 2.75) is 38.8 Å². The van der Waals surface area contributed by atoms with Gasteiger partial charge in [0.15, 0.2) is 0 Å². The molecule has 3 rings (SSSR count). The van der Waals surface area contributed by atoms with E-state index in [4.69, 9.17) is 0 Å². The van der Waals surface area contributed by atoms with Crippen LogP contribution in [0.1, 0.15) is 42.7 Å². The maximum Gasteiger partial charge on any atom is 0.0603 e. The van der Waals surface area contributed by atoms with Crippen LogP contribution in [0.3, 0.4) is 0 Å². The molecular formula is C18H24N2S. The molecule has 1 fully saturated rings. The van der Waals surface area contributed by atoms with Crippen LogP contribution in [-0.4, -0.2) is 18.0 Å². The number of hydrogen-bond acceptors (Lipinski definition) is 3. The molecule has 0 amide bonds. The number of anilines is 1. The Balaban J connectivity index is 1.67. The van der Waals surface area contributed by atoms with Gasteiger partial charge in [0.1, 0.15) is 0 Å². The summed E-state index contributed by atoms with van der Waals surface area (Å²) in [4.78, 5) is 3.97. The summed E-state index contributed by atoms with van der Waals surface area (Å²) in [5.41, 5.74) is 2.66. The molecule has 1 unspecified atom stereocenters. The Labute approximate surface area is 131 Å². The van der Waals surface area contributed by atoms with Gasteiger partial charge in [-0.3, -0.25) is 4.90 Å². The highest BCUT2D eigenvalue weighted by Gasteiger charge is 2.13. The molecule has 2 heterocycles. The van der Waals surface area contributed by atoms with Gasteiger partial charge < -0.3 is 5.32 Å². The van der Waals surface area contributed by atoms with Crippen molar-refractivity contribution in [1.82, 2.24) is 4.90 Å². The van der Waals surface area contributed by atoms with Crippen molar-refractivity contribution in [2.24, 2.45) is 0 Å². The molecule has 2 aromatic rings. The first-order valence-corrected chi connectivity index (χ1v) is 8.84. The molecule has 1 aromatic carbocycles. The molecule has 0 radical (unpaired) electrons. The maximum absolute atomic E-state index is 3.69. The zero-order valence-electron chi connectivity index (χ0n) is 12.7. The van der Waals surface area contributed by atoms with Crippen LogP contribution in [-0.2, 0) is 6.54 Å². The van der Waals surface area contributed by atoms with Crippen LogP contribution in [0.25, 0.3) is 0 Å². The highest BCUT2D eigenvalue weighted by Crippen LogP contribution is 2.26. The van der Waals surface area contributed by atoms with Gasteiger partial charge in [-0.1, -0.05) is 25.1 Å². The largest absolute Gasteiger partial charge is 0.377 e. The first-order chi connectivity index (χ1) is 10.3. The van der Waals surface area contributed by atoms with Crippen LogP contribution in [0.15, 0.2) is 41.8 Å². The molecule has 0 bridgehead atoms. The van der Waals surface area contributed by atoms with Gasteiger partial charge in [0.05, 0.1) is 6.04 Å². The Morgan fingerprint density at radius 2 is 2.05 bits per heavy atom. The van der Waals surface area contributed by atoms with E-state index < -0.39 is 0 Å². The third kappa shape index (κ3) is 3.86. The lowest BCUT2D eigenvalue weighted by Gasteiger charge is -2.19. The predicted molar refractivity (Wildman–Crippen MR) is 91.9 cm³/mol. The molecule has 1 aromatic heterocycles. The van der Waals surface area contributed by atoms with Crippen LogP contribution in [0, 0.1) is 0 Å². The molecule has 0 aliphatic carbocycles. The van der Waals surface area contributed by atoms with Crippen LogP contribution in [0.5, 0.6) is 0 Å². The highest BCUT2D eigenvalue weighted by atomic mass is 32.1. The monoisotopic (exact) mass is 300 g/mol. The molecule has 1 saturated heterocycles. The van der Waals surface area contributed by atoms with Crippen LogP contribution < -0.4 is 5.32 Å². The van der Waals surface area contributed by atoms with Crippen molar-refractivity contribution >= 4 is 17.0 Å². The van der Waals surface area contributed by atoms with E-state index in [2.05, 4.69) is 58.9 Å². The quantitative estimate of drug-likeness (QED) is 0.815. The molecule has 0 spiro atoms. The standard InChI is InChI=1S/C18H24N2S/c1-2-17(18-9-6-12-21-18)19-16-8-5-7-15(13-16)14-20-10-3-4-11-20/h5-9,12-13,17,19H,2-4,10-11,14H2,1H3. The van der Waals surface area contributed by atoms with E-state index in [0.29, 0.717) is 6.04 Å². The maximum atomic E-state index is 3.69. The van der Waals surface area contributed by atoms with Crippen molar-refractivity contribution in [3.05, 3.63) is 52.2 Å². The van der Waals surface area contributed by atoms with E-state index in [-0.39, 0.29) is 0 Å². The van der Waals surface area contributed by atoms with Crippen molar-refractivity contribution in [3.63, 3.8) is 0 Å². The number of nitrogens with zero attached hydrogens (tertiary/aromatic N) is 1. The van der Waals surface area contributed by atoms with E-state index in [0.717, 1.165) is 13.0 Å². The van der Waals surface area contributed by atoms with Gasteiger partial charge in [0, 0.05) is 17.1 Å². The Bertz CT molecular complexity index is 544. The average molecular weight is 300 g/mol. The Hall–Kier alpha value is -1.32. The summed E-state index contributed by atoms with van der Waals surface area (Å²) in [5.74, 6) is 0. The number of benzene rings is 1. The minimum Gasteiger partial charge on any atom is -0.377 e. The summed E-state index contributed by atoms with van der Waals surface area (Å²) in [6.07, 6.45) is 3.82. The zero-order valence-corrected chi connectivity index (χ0v) is 13.5. The Morgan fingerprint density at radius 3 is 2.76 bits per heavy atom. The lowest BCUT2D eigenvalue weighted by molar-refractivity contribution is 0.331. The fourth-order valence-corrected chi connectivity index (χ4v) is 3.88. The normalized spacial score (nSPS) is 17.0. The van der Waals surface area contributed by atoms with E-state index in [1.54, 1.807) is 0 Å². The second kappa shape index (κ2) is 7.10. The average Bonchev–Trinajstić information content (AvgIpc) is 3.18. The molecule has 1 N–H and O–H groups in total. The summed E-state index contributed by atoms with van der Waals surface area (Å²) in [6.45, 7) is 5.84. The summed E-state index contributed by atoms with van der Waals surface area (Å²) < 4.78 is 0.